The van der Waals surface area contributed by atoms with Crippen molar-refractivity contribution in [1.29, 1.82) is 0 Å². The summed E-state index contributed by atoms with van der Waals surface area (Å²) in [6, 6.07) is 0. The summed E-state index contributed by atoms with van der Waals surface area (Å²) < 4.78 is 16.6. The van der Waals surface area contributed by atoms with Crippen LogP contribution in [0.5, 0.6) is 0 Å². The molecular formula is C45H80O6. The lowest BCUT2D eigenvalue weighted by Gasteiger charge is -2.18. The number of esters is 3. The highest BCUT2D eigenvalue weighted by Crippen LogP contribution is 2.14. The van der Waals surface area contributed by atoms with Gasteiger partial charge in [-0.3, -0.25) is 14.4 Å². The molecule has 0 saturated heterocycles. The van der Waals surface area contributed by atoms with Gasteiger partial charge < -0.3 is 14.2 Å². The van der Waals surface area contributed by atoms with Crippen LogP contribution in [0.25, 0.3) is 0 Å². The summed E-state index contributed by atoms with van der Waals surface area (Å²) >= 11 is 0. The molecule has 0 amide bonds. The van der Waals surface area contributed by atoms with Crippen molar-refractivity contribution >= 4 is 17.9 Å². The molecule has 1 atom stereocenters. The molecule has 0 spiro atoms. The molecule has 0 aliphatic carbocycles. The van der Waals surface area contributed by atoms with Crippen LogP contribution < -0.4 is 0 Å². The first-order chi connectivity index (χ1) is 25.0. The van der Waals surface area contributed by atoms with Gasteiger partial charge in [0.1, 0.15) is 13.2 Å². The fourth-order valence-electron chi connectivity index (χ4n) is 5.93. The van der Waals surface area contributed by atoms with Crippen LogP contribution in [-0.4, -0.2) is 37.2 Å². The number of hydrogen-bond donors (Lipinski definition) is 0. The zero-order valence-electron chi connectivity index (χ0n) is 33.6. The minimum Gasteiger partial charge on any atom is -0.462 e. The van der Waals surface area contributed by atoms with Crippen molar-refractivity contribution in [1.82, 2.24) is 0 Å². The number of carbonyl (C=O) groups is 3. The number of unbranched alkanes of at least 4 members (excludes halogenated alkanes) is 21. The molecule has 0 aliphatic heterocycles. The molecule has 0 N–H and O–H groups in total. The van der Waals surface area contributed by atoms with Gasteiger partial charge in [-0.25, -0.2) is 0 Å². The van der Waals surface area contributed by atoms with Crippen LogP contribution in [0, 0.1) is 0 Å². The molecule has 6 nitrogen and oxygen atoms in total. The SMILES string of the molecule is CC/C=C\C/C=C\C/C=C\CCCCCC(=O)OCC(COC(=O)CCCCCCCCC)OC(=O)CCCCCCCCCCCCCCC. The lowest BCUT2D eigenvalue weighted by atomic mass is 10.0. The molecule has 0 heterocycles. The first-order valence-electron chi connectivity index (χ1n) is 21.5. The van der Waals surface area contributed by atoms with E-state index in [9.17, 15) is 14.4 Å². The van der Waals surface area contributed by atoms with E-state index in [0.717, 1.165) is 83.5 Å². The van der Waals surface area contributed by atoms with Crippen molar-refractivity contribution in [3.63, 3.8) is 0 Å². The fraction of sp³-hybridized carbons (Fsp3) is 0.800. The zero-order chi connectivity index (χ0) is 37.3. The monoisotopic (exact) mass is 717 g/mol. The Labute approximate surface area is 315 Å². The molecule has 296 valence electrons. The van der Waals surface area contributed by atoms with E-state index >= 15 is 0 Å². The van der Waals surface area contributed by atoms with E-state index in [0.29, 0.717) is 19.3 Å². The number of hydrogen-bond acceptors (Lipinski definition) is 6. The lowest BCUT2D eigenvalue weighted by molar-refractivity contribution is -0.167. The first kappa shape index (κ1) is 48.6. The molecule has 0 aromatic carbocycles. The second-order valence-electron chi connectivity index (χ2n) is 14.2. The highest BCUT2D eigenvalue weighted by molar-refractivity contribution is 5.71. The summed E-state index contributed by atoms with van der Waals surface area (Å²) in [5.74, 6) is -0.916. The molecule has 0 saturated carbocycles. The molecule has 0 bridgehead atoms. The first-order valence-corrected chi connectivity index (χ1v) is 21.5. The van der Waals surface area contributed by atoms with Gasteiger partial charge in [-0.2, -0.15) is 0 Å². The largest absolute Gasteiger partial charge is 0.462 e. The van der Waals surface area contributed by atoms with E-state index in [-0.39, 0.29) is 31.1 Å². The van der Waals surface area contributed by atoms with Gasteiger partial charge in [0, 0.05) is 19.3 Å². The number of carbonyl (C=O) groups excluding carboxylic acids is 3. The Kier molecular flexibility index (Phi) is 38.5. The Morgan fingerprint density at radius 2 is 0.765 bits per heavy atom. The number of ether oxygens (including phenoxy) is 3. The van der Waals surface area contributed by atoms with E-state index in [1.54, 1.807) is 0 Å². The molecule has 0 rings (SSSR count). The summed E-state index contributed by atoms with van der Waals surface area (Å²) in [6.07, 6.45) is 44.2. The third-order valence-electron chi connectivity index (χ3n) is 9.16. The van der Waals surface area contributed by atoms with Gasteiger partial charge in [0.05, 0.1) is 0 Å². The zero-order valence-corrected chi connectivity index (χ0v) is 33.6. The van der Waals surface area contributed by atoms with Crippen molar-refractivity contribution in [2.75, 3.05) is 13.2 Å². The molecule has 0 aromatic rings. The molecule has 0 fully saturated rings. The van der Waals surface area contributed by atoms with E-state index in [2.05, 4.69) is 57.2 Å². The topological polar surface area (TPSA) is 78.9 Å². The Hall–Kier alpha value is -2.37. The fourth-order valence-corrected chi connectivity index (χ4v) is 5.93. The molecule has 0 aromatic heterocycles. The summed E-state index contributed by atoms with van der Waals surface area (Å²) in [5.41, 5.74) is 0. The predicted molar refractivity (Wildman–Crippen MR) is 215 cm³/mol. The Morgan fingerprint density at radius 3 is 1.20 bits per heavy atom. The molecule has 0 radical (unpaired) electrons. The molecule has 51 heavy (non-hydrogen) atoms. The van der Waals surface area contributed by atoms with E-state index in [4.69, 9.17) is 14.2 Å². The normalized spacial score (nSPS) is 12.3. The van der Waals surface area contributed by atoms with Crippen LogP contribution >= 0.6 is 0 Å². The number of allylic oxidation sites excluding steroid dienone is 6. The van der Waals surface area contributed by atoms with Crippen LogP contribution in [0.1, 0.15) is 213 Å². The standard InChI is InChI=1S/C45H80O6/c1-4-7-10-13-16-18-20-22-24-26-29-32-35-38-44(47)50-41-42(40-49-43(46)37-34-31-28-15-12-9-6-3)51-45(48)39-36-33-30-27-25-23-21-19-17-14-11-8-5-2/h7,10,16,18,22,24,42H,4-6,8-9,11-15,17,19-21,23,25-41H2,1-3H3/b10-7-,18-16-,24-22-. The summed E-state index contributed by atoms with van der Waals surface area (Å²) in [5, 5.41) is 0. The van der Waals surface area contributed by atoms with Gasteiger partial charge >= 0.3 is 17.9 Å². The molecule has 1 unspecified atom stereocenters. The molecule has 0 aliphatic rings. The van der Waals surface area contributed by atoms with Crippen molar-refractivity contribution in [3.05, 3.63) is 36.5 Å². The Balaban J connectivity index is 4.36. The van der Waals surface area contributed by atoms with E-state index in [1.165, 1.54) is 89.9 Å². The van der Waals surface area contributed by atoms with Crippen LogP contribution in [-0.2, 0) is 28.6 Å². The summed E-state index contributed by atoms with van der Waals surface area (Å²) in [7, 11) is 0. The smallest absolute Gasteiger partial charge is 0.306 e. The Morgan fingerprint density at radius 1 is 0.412 bits per heavy atom. The van der Waals surface area contributed by atoms with Crippen LogP contribution in [0.4, 0.5) is 0 Å². The van der Waals surface area contributed by atoms with Crippen molar-refractivity contribution < 1.29 is 28.6 Å². The van der Waals surface area contributed by atoms with Gasteiger partial charge in [0.25, 0.3) is 0 Å². The quantitative estimate of drug-likeness (QED) is 0.0274. The van der Waals surface area contributed by atoms with Crippen LogP contribution in [0.2, 0.25) is 0 Å². The maximum Gasteiger partial charge on any atom is 0.306 e. The van der Waals surface area contributed by atoms with Crippen LogP contribution in [0.3, 0.4) is 0 Å². The van der Waals surface area contributed by atoms with Gasteiger partial charge in [0.2, 0.25) is 0 Å². The third-order valence-corrected chi connectivity index (χ3v) is 9.16. The average Bonchev–Trinajstić information content (AvgIpc) is 3.12. The lowest BCUT2D eigenvalue weighted by Crippen LogP contribution is -2.30. The van der Waals surface area contributed by atoms with E-state index < -0.39 is 6.10 Å². The minimum absolute atomic E-state index is 0.0794. The highest BCUT2D eigenvalue weighted by atomic mass is 16.6. The second-order valence-corrected chi connectivity index (χ2v) is 14.2. The van der Waals surface area contributed by atoms with Crippen molar-refractivity contribution in [2.24, 2.45) is 0 Å². The predicted octanol–water partition coefficient (Wildman–Crippen LogP) is 13.4. The second kappa shape index (κ2) is 40.4. The van der Waals surface area contributed by atoms with Crippen molar-refractivity contribution in [2.45, 2.75) is 219 Å². The van der Waals surface area contributed by atoms with Gasteiger partial charge in [0.15, 0.2) is 6.10 Å². The molecular weight excluding hydrogens is 636 g/mol. The third kappa shape index (κ3) is 38.7. The average molecular weight is 717 g/mol. The maximum absolute atomic E-state index is 12.7. The molecule has 6 heteroatoms. The summed E-state index contributed by atoms with van der Waals surface area (Å²) in [6.45, 7) is 6.44. The van der Waals surface area contributed by atoms with Gasteiger partial charge in [-0.05, 0) is 51.4 Å². The van der Waals surface area contributed by atoms with Gasteiger partial charge in [-0.15, -0.1) is 0 Å². The maximum atomic E-state index is 12.7. The number of rotatable bonds is 38. The highest BCUT2D eigenvalue weighted by Gasteiger charge is 2.19. The van der Waals surface area contributed by atoms with Crippen LogP contribution in [0.15, 0.2) is 36.5 Å². The Bertz CT molecular complexity index is 876. The summed E-state index contributed by atoms with van der Waals surface area (Å²) in [4.78, 5) is 37.5. The van der Waals surface area contributed by atoms with E-state index in [1.807, 2.05) is 0 Å². The minimum atomic E-state index is -0.775. The van der Waals surface area contributed by atoms with Crippen molar-refractivity contribution in [3.8, 4) is 0 Å². The van der Waals surface area contributed by atoms with Gasteiger partial charge in [-0.1, -0.05) is 179 Å².